The van der Waals surface area contributed by atoms with Crippen molar-refractivity contribution in [1.29, 1.82) is 0 Å². The molecule has 82 valence electrons. The SMILES string of the molecule is c1ccc(Nc2nccc3cnccc23)cc1. The number of anilines is 2. The van der Waals surface area contributed by atoms with Gasteiger partial charge in [0.05, 0.1) is 0 Å². The van der Waals surface area contributed by atoms with Crippen molar-refractivity contribution in [2.24, 2.45) is 0 Å². The van der Waals surface area contributed by atoms with Crippen LogP contribution in [-0.2, 0) is 0 Å². The normalized spacial score (nSPS) is 10.4. The fourth-order valence-corrected chi connectivity index (χ4v) is 1.77. The molecule has 3 nitrogen and oxygen atoms in total. The minimum atomic E-state index is 0.858. The number of rotatable bonds is 2. The van der Waals surface area contributed by atoms with Crippen molar-refractivity contribution in [2.75, 3.05) is 5.32 Å². The van der Waals surface area contributed by atoms with E-state index >= 15 is 0 Å². The summed E-state index contributed by atoms with van der Waals surface area (Å²) in [5, 5.41) is 5.47. The van der Waals surface area contributed by atoms with Crippen LogP contribution < -0.4 is 5.32 Å². The van der Waals surface area contributed by atoms with E-state index in [1.807, 2.05) is 48.7 Å². The van der Waals surface area contributed by atoms with Crippen LogP contribution in [0.25, 0.3) is 10.8 Å². The Morgan fingerprint density at radius 2 is 1.76 bits per heavy atom. The van der Waals surface area contributed by atoms with Gasteiger partial charge < -0.3 is 5.32 Å². The fraction of sp³-hybridized carbons (Fsp3) is 0. The lowest BCUT2D eigenvalue weighted by atomic mass is 10.2. The van der Waals surface area contributed by atoms with E-state index in [9.17, 15) is 0 Å². The van der Waals surface area contributed by atoms with Gasteiger partial charge >= 0.3 is 0 Å². The molecule has 3 heteroatoms. The highest BCUT2D eigenvalue weighted by atomic mass is 15.0. The second kappa shape index (κ2) is 4.22. The summed E-state index contributed by atoms with van der Waals surface area (Å²) >= 11 is 0. The Hall–Kier alpha value is -2.42. The predicted molar refractivity (Wildman–Crippen MR) is 69.3 cm³/mol. The Bertz CT molecular complexity index is 630. The van der Waals surface area contributed by atoms with Crippen LogP contribution in [-0.4, -0.2) is 9.97 Å². The molecular weight excluding hydrogens is 210 g/mol. The van der Waals surface area contributed by atoms with Crippen LogP contribution in [0.2, 0.25) is 0 Å². The van der Waals surface area contributed by atoms with Crippen molar-refractivity contribution in [1.82, 2.24) is 9.97 Å². The zero-order valence-corrected chi connectivity index (χ0v) is 9.17. The molecule has 0 saturated carbocycles. The number of aromatic nitrogens is 2. The fourth-order valence-electron chi connectivity index (χ4n) is 1.77. The first kappa shape index (κ1) is 9.78. The Balaban J connectivity index is 2.06. The van der Waals surface area contributed by atoms with Gasteiger partial charge in [0.15, 0.2) is 0 Å². The maximum atomic E-state index is 4.36. The van der Waals surface area contributed by atoms with E-state index in [4.69, 9.17) is 0 Å². The molecule has 0 aliphatic heterocycles. The summed E-state index contributed by atoms with van der Waals surface area (Å²) in [6.07, 6.45) is 5.41. The van der Waals surface area contributed by atoms with E-state index < -0.39 is 0 Å². The number of pyridine rings is 2. The molecule has 0 bridgehead atoms. The van der Waals surface area contributed by atoms with Crippen molar-refractivity contribution >= 4 is 22.3 Å². The number of fused-ring (bicyclic) bond motifs is 1. The first-order valence-electron chi connectivity index (χ1n) is 5.44. The van der Waals surface area contributed by atoms with Crippen LogP contribution in [0, 0.1) is 0 Å². The van der Waals surface area contributed by atoms with Gasteiger partial charge in [0.1, 0.15) is 5.82 Å². The molecule has 0 atom stereocenters. The summed E-state index contributed by atoms with van der Waals surface area (Å²) in [5.74, 6) is 0.858. The topological polar surface area (TPSA) is 37.8 Å². The molecule has 2 aromatic heterocycles. The van der Waals surface area contributed by atoms with E-state index in [1.54, 1.807) is 12.4 Å². The molecule has 0 spiro atoms. The van der Waals surface area contributed by atoms with Gasteiger partial charge in [-0.15, -0.1) is 0 Å². The molecule has 3 rings (SSSR count). The van der Waals surface area contributed by atoms with E-state index in [1.165, 1.54) is 0 Å². The Morgan fingerprint density at radius 1 is 0.882 bits per heavy atom. The average Bonchev–Trinajstić information content (AvgIpc) is 2.40. The maximum absolute atomic E-state index is 4.36. The first-order valence-corrected chi connectivity index (χ1v) is 5.44. The standard InChI is InChI=1S/C14H11N3/c1-2-4-12(5-3-1)17-14-13-7-8-15-10-11(13)6-9-16-14/h1-10H,(H,16,17). The first-order chi connectivity index (χ1) is 8.43. The molecule has 3 aromatic rings. The average molecular weight is 221 g/mol. The van der Waals surface area contributed by atoms with Crippen LogP contribution in [0.15, 0.2) is 61.1 Å². The van der Waals surface area contributed by atoms with Gasteiger partial charge in [0, 0.05) is 35.1 Å². The molecule has 0 aliphatic carbocycles. The number of nitrogens with one attached hydrogen (secondary N) is 1. The van der Waals surface area contributed by atoms with Gasteiger partial charge in [0.2, 0.25) is 0 Å². The maximum Gasteiger partial charge on any atom is 0.138 e. The Kier molecular flexibility index (Phi) is 2.43. The molecular formula is C14H11N3. The van der Waals surface area contributed by atoms with Gasteiger partial charge in [-0.3, -0.25) is 4.98 Å². The highest BCUT2D eigenvalue weighted by Crippen LogP contribution is 2.22. The molecule has 17 heavy (non-hydrogen) atoms. The Labute approximate surface area is 99.2 Å². The molecule has 0 fully saturated rings. The summed E-state index contributed by atoms with van der Waals surface area (Å²) in [4.78, 5) is 8.47. The van der Waals surface area contributed by atoms with Crippen molar-refractivity contribution in [3.05, 3.63) is 61.1 Å². The lowest BCUT2D eigenvalue weighted by Gasteiger charge is -2.07. The number of hydrogen-bond donors (Lipinski definition) is 1. The molecule has 0 unspecified atom stereocenters. The number of benzene rings is 1. The summed E-state index contributed by atoms with van der Waals surface area (Å²) in [6, 6.07) is 13.9. The largest absolute Gasteiger partial charge is 0.340 e. The highest BCUT2D eigenvalue weighted by molar-refractivity contribution is 5.92. The summed E-state index contributed by atoms with van der Waals surface area (Å²) in [6.45, 7) is 0. The monoisotopic (exact) mass is 221 g/mol. The van der Waals surface area contributed by atoms with E-state index in [2.05, 4.69) is 15.3 Å². The van der Waals surface area contributed by atoms with Gasteiger partial charge in [0.25, 0.3) is 0 Å². The quantitative estimate of drug-likeness (QED) is 0.721. The third-order valence-corrected chi connectivity index (χ3v) is 2.60. The highest BCUT2D eigenvalue weighted by Gasteiger charge is 2.01. The smallest absolute Gasteiger partial charge is 0.138 e. The summed E-state index contributed by atoms with van der Waals surface area (Å²) in [7, 11) is 0. The van der Waals surface area contributed by atoms with Crippen molar-refractivity contribution < 1.29 is 0 Å². The molecule has 2 heterocycles. The van der Waals surface area contributed by atoms with Crippen LogP contribution in [0.5, 0.6) is 0 Å². The summed E-state index contributed by atoms with van der Waals surface area (Å²) in [5.41, 5.74) is 1.03. The van der Waals surface area contributed by atoms with Crippen molar-refractivity contribution in [3.8, 4) is 0 Å². The summed E-state index contributed by atoms with van der Waals surface area (Å²) < 4.78 is 0. The number of para-hydroxylation sites is 1. The van der Waals surface area contributed by atoms with Gasteiger partial charge in [-0.2, -0.15) is 0 Å². The number of nitrogens with zero attached hydrogens (tertiary/aromatic N) is 2. The third kappa shape index (κ3) is 1.95. The molecule has 1 aromatic carbocycles. The molecule has 1 N–H and O–H groups in total. The van der Waals surface area contributed by atoms with Crippen LogP contribution >= 0.6 is 0 Å². The van der Waals surface area contributed by atoms with Crippen LogP contribution in [0.3, 0.4) is 0 Å². The Morgan fingerprint density at radius 3 is 2.65 bits per heavy atom. The minimum absolute atomic E-state index is 0.858. The lowest BCUT2D eigenvalue weighted by molar-refractivity contribution is 1.31. The lowest BCUT2D eigenvalue weighted by Crippen LogP contribution is -1.94. The van der Waals surface area contributed by atoms with E-state index in [0.717, 1.165) is 22.3 Å². The molecule has 0 amide bonds. The van der Waals surface area contributed by atoms with Crippen LogP contribution in [0.4, 0.5) is 11.5 Å². The van der Waals surface area contributed by atoms with Crippen molar-refractivity contribution in [3.63, 3.8) is 0 Å². The van der Waals surface area contributed by atoms with Crippen molar-refractivity contribution in [2.45, 2.75) is 0 Å². The second-order valence-electron chi connectivity index (χ2n) is 3.75. The molecule has 0 aliphatic rings. The minimum Gasteiger partial charge on any atom is -0.340 e. The third-order valence-electron chi connectivity index (χ3n) is 2.60. The van der Waals surface area contributed by atoms with Gasteiger partial charge in [-0.25, -0.2) is 4.98 Å². The zero-order valence-electron chi connectivity index (χ0n) is 9.17. The van der Waals surface area contributed by atoms with E-state index in [0.29, 0.717) is 0 Å². The molecule has 0 saturated heterocycles. The predicted octanol–water partition coefficient (Wildman–Crippen LogP) is 3.37. The molecule has 0 radical (unpaired) electrons. The van der Waals surface area contributed by atoms with E-state index in [-0.39, 0.29) is 0 Å². The van der Waals surface area contributed by atoms with Gasteiger partial charge in [-0.1, -0.05) is 18.2 Å². The van der Waals surface area contributed by atoms with Crippen LogP contribution in [0.1, 0.15) is 0 Å². The zero-order chi connectivity index (χ0) is 11.5. The van der Waals surface area contributed by atoms with Gasteiger partial charge in [-0.05, 0) is 24.3 Å². The second-order valence-corrected chi connectivity index (χ2v) is 3.75. The number of hydrogen-bond acceptors (Lipinski definition) is 3.